The maximum atomic E-state index is 12.7. The van der Waals surface area contributed by atoms with Gasteiger partial charge in [0.2, 0.25) is 5.91 Å². The maximum Gasteiger partial charge on any atom is 0.416 e. The molecule has 0 spiro atoms. The van der Waals surface area contributed by atoms with Crippen LogP contribution in [0.5, 0.6) is 5.75 Å². The third kappa shape index (κ3) is 5.38. The topological polar surface area (TPSA) is 98.5 Å². The third-order valence-corrected chi connectivity index (χ3v) is 4.57. The number of primary amides is 1. The number of alkyl halides is 3. The average Bonchev–Trinajstić information content (AvgIpc) is 2.55. The lowest BCUT2D eigenvalue weighted by molar-refractivity contribution is -0.137. The van der Waals surface area contributed by atoms with Gasteiger partial charge in [0.25, 0.3) is 10.0 Å². The largest absolute Gasteiger partial charge is 0.493 e. The number of sulfonamides is 1. The van der Waals surface area contributed by atoms with E-state index in [1.807, 2.05) is 0 Å². The van der Waals surface area contributed by atoms with Gasteiger partial charge in [-0.25, -0.2) is 8.42 Å². The van der Waals surface area contributed by atoms with Crippen LogP contribution in [0.3, 0.4) is 0 Å². The molecule has 0 aliphatic heterocycles. The van der Waals surface area contributed by atoms with E-state index in [2.05, 4.69) is 4.72 Å². The van der Waals surface area contributed by atoms with E-state index in [-0.39, 0.29) is 18.7 Å². The van der Waals surface area contributed by atoms with E-state index in [1.54, 1.807) is 0 Å². The molecule has 1 amide bonds. The van der Waals surface area contributed by atoms with Crippen LogP contribution in [0, 0.1) is 0 Å². The van der Waals surface area contributed by atoms with Crippen LogP contribution in [0.25, 0.3) is 0 Å². The molecule has 0 aliphatic rings. The van der Waals surface area contributed by atoms with Crippen molar-refractivity contribution >= 4 is 21.6 Å². The van der Waals surface area contributed by atoms with Gasteiger partial charge in [-0.05, 0) is 42.5 Å². The second kappa shape index (κ2) is 7.65. The molecule has 0 aliphatic carbocycles. The molecule has 0 saturated heterocycles. The molecule has 26 heavy (non-hydrogen) atoms. The monoisotopic (exact) mass is 388 g/mol. The Balaban J connectivity index is 2.11. The van der Waals surface area contributed by atoms with Gasteiger partial charge in [0.1, 0.15) is 5.75 Å². The Labute approximate surface area is 147 Å². The quantitative estimate of drug-likeness (QED) is 0.762. The smallest absolute Gasteiger partial charge is 0.416 e. The Morgan fingerprint density at radius 2 is 1.77 bits per heavy atom. The Morgan fingerprint density at radius 3 is 2.35 bits per heavy atom. The molecule has 2 aromatic carbocycles. The number of amides is 1. The fraction of sp³-hybridized carbons (Fsp3) is 0.188. The molecule has 2 rings (SSSR count). The molecule has 2 aromatic rings. The number of halogens is 3. The van der Waals surface area contributed by atoms with E-state index in [9.17, 15) is 26.4 Å². The molecule has 0 atom stereocenters. The van der Waals surface area contributed by atoms with E-state index < -0.39 is 32.6 Å². The van der Waals surface area contributed by atoms with Gasteiger partial charge in [0.15, 0.2) is 0 Å². The lowest BCUT2D eigenvalue weighted by Crippen LogP contribution is -2.15. The summed E-state index contributed by atoms with van der Waals surface area (Å²) in [7, 11) is -4.19. The van der Waals surface area contributed by atoms with E-state index in [0.29, 0.717) is 11.8 Å². The molecular weight excluding hydrogens is 373 g/mol. The molecule has 3 N–H and O–H groups in total. The Morgan fingerprint density at radius 1 is 1.12 bits per heavy atom. The minimum atomic E-state index is -4.64. The number of carbonyl (C=O) groups excluding carboxylic acids is 1. The highest BCUT2D eigenvalue weighted by molar-refractivity contribution is 7.92. The van der Waals surface area contributed by atoms with Crippen molar-refractivity contribution < 1.29 is 31.1 Å². The van der Waals surface area contributed by atoms with Crippen molar-refractivity contribution in [3.05, 3.63) is 54.1 Å². The highest BCUT2D eigenvalue weighted by Gasteiger charge is 2.31. The van der Waals surface area contributed by atoms with Gasteiger partial charge in [-0.15, -0.1) is 0 Å². The molecule has 10 heteroatoms. The summed E-state index contributed by atoms with van der Waals surface area (Å²) < 4.78 is 70.1. The number of nitrogens with one attached hydrogen (secondary N) is 1. The fourth-order valence-electron chi connectivity index (χ4n) is 1.94. The van der Waals surface area contributed by atoms with Crippen molar-refractivity contribution in [3.63, 3.8) is 0 Å². The maximum absolute atomic E-state index is 12.7. The first-order valence-electron chi connectivity index (χ1n) is 7.29. The first-order chi connectivity index (χ1) is 12.1. The number of benzene rings is 2. The highest BCUT2D eigenvalue weighted by Crippen LogP contribution is 2.31. The molecule has 0 heterocycles. The van der Waals surface area contributed by atoms with E-state index in [4.69, 9.17) is 10.5 Å². The van der Waals surface area contributed by atoms with Crippen molar-refractivity contribution in [1.82, 2.24) is 0 Å². The van der Waals surface area contributed by atoms with Gasteiger partial charge in [0.05, 0.1) is 23.5 Å². The summed E-state index contributed by atoms with van der Waals surface area (Å²) >= 11 is 0. The standard InChI is InChI=1S/C16H15F3N2O4S/c17-16(18,19)11-2-1-3-14(10-11)26(23,24)21-12-4-6-13(7-5-12)25-9-8-15(20)22/h1-7,10,21H,8-9H2,(H2,20,22). The second-order valence-electron chi connectivity index (χ2n) is 5.22. The van der Waals surface area contributed by atoms with E-state index >= 15 is 0 Å². The summed E-state index contributed by atoms with van der Waals surface area (Å²) in [5.41, 5.74) is 4.06. The number of hydrogen-bond donors (Lipinski definition) is 2. The number of nitrogens with two attached hydrogens (primary N) is 1. The van der Waals surface area contributed by atoms with Gasteiger partial charge < -0.3 is 10.5 Å². The third-order valence-electron chi connectivity index (χ3n) is 3.20. The summed E-state index contributed by atoms with van der Waals surface area (Å²) in [6.45, 7) is 0.0740. The van der Waals surface area contributed by atoms with Crippen LogP contribution in [-0.2, 0) is 21.0 Å². The predicted octanol–water partition coefficient (Wildman–Crippen LogP) is 2.76. The van der Waals surface area contributed by atoms with Crippen molar-refractivity contribution in [2.45, 2.75) is 17.5 Å². The molecule has 0 radical (unpaired) electrons. The molecule has 140 valence electrons. The summed E-state index contributed by atoms with van der Waals surface area (Å²) in [5.74, 6) is -0.135. The zero-order valence-electron chi connectivity index (χ0n) is 13.3. The number of carbonyl (C=O) groups is 1. The first-order valence-corrected chi connectivity index (χ1v) is 8.77. The second-order valence-corrected chi connectivity index (χ2v) is 6.90. The van der Waals surface area contributed by atoms with Gasteiger partial charge in [-0.1, -0.05) is 6.07 Å². The number of rotatable bonds is 7. The average molecular weight is 388 g/mol. The van der Waals surface area contributed by atoms with Gasteiger partial charge >= 0.3 is 6.18 Å². The van der Waals surface area contributed by atoms with Crippen molar-refractivity contribution in [3.8, 4) is 5.75 Å². The first kappa shape index (κ1) is 19.6. The van der Waals surface area contributed by atoms with E-state index in [0.717, 1.165) is 18.2 Å². The van der Waals surface area contributed by atoms with Crippen molar-refractivity contribution in [2.75, 3.05) is 11.3 Å². The SMILES string of the molecule is NC(=O)CCOc1ccc(NS(=O)(=O)c2cccc(C(F)(F)F)c2)cc1. The fourth-order valence-corrected chi connectivity index (χ4v) is 3.05. The van der Waals surface area contributed by atoms with Crippen LogP contribution < -0.4 is 15.2 Å². The van der Waals surface area contributed by atoms with E-state index in [1.165, 1.54) is 24.3 Å². The molecule has 0 saturated carbocycles. The highest BCUT2D eigenvalue weighted by atomic mass is 32.2. The zero-order chi connectivity index (χ0) is 19.4. The normalized spacial score (nSPS) is 11.8. The number of ether oxygens (including phenoxy) is 1. The molecule has 6 nitrogen and oxygen atoms in total. The molecule has 0 fully saturated rings. The molecular formula is C16H15F3N2O4S. The Bertz CT molecular complexity index is 881. The van der Waals surface area contributed by atoms with Gasteiger partial charge in [0, 0.05) is 5.69 Å². The summed E-state index contributed by atoms with van der Waals surface area (Å²) in [4.78, 5) is 10.1. The molecule has 0 unspecified atom stereocenters. The predicted molar refractivity (Wildman–Crippen MR) is 88.0 cm³/mol. The minimum absolute atomic E-state index is 0.0317. The van der Waals surface area contributed by atoms with Crippen LogP contribution in [0.2, 0.25) is 0 Å². The lowest BCUT2D eigenvalue weighted by Gasteiger charge is -2.11. The van der Waals surface area contributed by atoms with Crippen molar-refractivity contribution in [1.29, 1.82) is 0 Å². The van der Waals surface area contributed by atoms with Crippen LogP contribution in [0.1, 0.15) is 12.0 Å². The van der Waals surface area contributed by atoms with Crippen LogP contribution >= 0.6 is 0 Å². The van der Waals surface area contributed by atoms with Gasteiger partial charge in [-0.2, -0.15) is 13.2 Å². The van der Waals surface area contributed by atoms with Crippen molar-refractivity contribution in [2.24, 2.45) is 5.73 Å². The minimum Gasteiger partial charge on any atom is -0.493 e. The summed E-state index contributed by atoms with van der Waals surface area (Å²) in [6, 6.07) is 9.10. The van der Waals surface area contributed by atoms with Crippen LogP contribution in [-0.4, -0.2) is 20.9 Å². The van der Waals surface area contributed by atoms with Crippen LogP contribution in [0.15, 0.2) is 53.4 Å². The summed E-state index contributed by atoms with van der Waals surface area (Å²) in [6.07, 6.45) is -4.61. The van der Waals surface area contributed by atoms with Crippen LogP contribution in [0.4, 0.5) is 18.9 Å². The Kier molecular flexibility index (Phi) is 5.76. The molecule has 0 bridgehead atoms. The summed E-state index contributed by atoms with van der Waals surface area (Å²) in [5, 5.41) is 0. The zero-order valence-corrected chi connectivity index (χ0v) is 14.1. The molecule has 0 aromatic heterocycles. The van der Waals surface area contributed by atoms with Gasteiger partial charge in [-0.3, -0.25) is 9.52 Å². The lowest BCUT2D eigenvalue weighted by atomic mass is 10.2. The number of hydrogen-bond acceptors (Lipinski definition) is 4. The Hall–Kier alpha value is -2.75. The number of anilines is 1.